The smallest absolute Gasteiger partial charge is 0.333 e. The van der Waals surface area contributed by atoms with Gasteiger partial charge in [-0.1, -0.05) is 36.4 Å². The molecule has 0 aliphatic heterocycles. The molecule has 4 rings (SSSR count). The standard InChI is InChI=1S/C25H27N5O6/c1-35-11-10-28-16-27-23-22(28)24(33)30(25(34)29(23)14-17-6-4-3-5-7-17)15-21(32)26-13-18-8-9-19(31)20(12-18)36-2/h3-9,12,16,31H,10-11,13-15H2,1-2H3,(H,26,32). The Labute approximate surface area is 206 Å². The quantitative estimate of drug-likeness (QED) is 0.338. The van der Waals surface area contributed by atoms with Crippen molar-refractivity contribution >= 4 is 17.1 Å². The number of methoxy groups -OCH3 is 2. The first-order chi connectivity index (χ1) is 17.4. The number of amides is 1. The molecule has 0 saturated heterocycles. The fraction of sp³-hybridized carbons (Fsp3) is 0.280. The number of fused-ring (bicyclic) bond motifs is 1. The van der Waals surface area contributed by atoms with Crippen molar-refractivity contribution in [2.45, 2.75) is 26.2 Å². The number of nitrogens with one attached hydrogen (secondary N) is 1. The topological polar surface area (TPSA) is 130 Å². The highest BCUT2D eigenvalue weighted by Gasteiger charge is 2.20. The summed E-state index contributed by atoms with van der Waals surface area (Å²) in [7, 11) is 2.98. The zero-order valence-electron chi connectivity index (χ0n) is 20.0. The van der Waals surface area contributed by atoms with Gasteiger partial charge in [-0.2, -0.15) is 0 Å². The van der Waals surface area contributed by atoms with E-state index in [0.717, 1.165) is 10.1 Å². The number of nitrogens with zero attached hydrogens (tertiary/aromatic N) is 4. The number of carbonyl (C=O) groups excluding carboxylic acids is 1. The molecule has 0 unspecified atom stereocenters. The lowest BCUT2D eigenvalue weighted by Crippen LogP contribution is -2.44. The second kappa shape index (κ2) is 10.9. The summed E-state index contributed by atoms with van der Waals surface area (Å²) in [6.45, 7) is 0.552. The van der Waals surface area contributed by atoms with Gasteiger partial charge in [0.15, 0.2) is 22.7 Å². The molecule has 0 aliphatic rings. The first-order valence-corrected chi connectivity index (χ1v) is 11.3. The van der Waals surface area contributed by atoms with Gasteiger partial charge < -0.3 is 24.5 Å². The van der Waals surface area contributed by atoms with Crippen molar-refractivity contribution in [1.82, 2.24) is 24.0 Å². The fourth-order valence-electron chi connectivity index (χ4n) is 3.88. The minimum absolute atomic E-state index is 0.0171. The van der Waals surface area contributed by atoms with Gasteiger partial charge in [-0.05, 0) is 23.3 Å². The van der Waals surface area contributed by atoms with Crippen LogP contribution in [0.4, 0.5) is 0 Å². The Hall–Kier alpha value is -4.38. The van der Waals surface area contributed by atoms with Crippen LogP contribution in [0.2, 0.25) is 0 Å². The SMILES string of the molecule is COCCn1cnc2c1c(=O)n(CC(=O)NCc1ccc(O)c(OC)c1)c(=O)n2Cc1ccccc1. The van der Waals surface area contributed by atoms with Gasteiger partial charge in [0.1, 0.15) is 6.54 Å². The van der Waals surface area contributed by atoms with Gasteiger partial charge in [-0.25, -0.2) is 14.3 Å². The number of phenols is 1. The first-order valence-electron chi connectivity index (χ1n) is 11.3. The Morgan fingerprint density at radius 3 is 2.56 bits per heavy atom. The van der Waals surface area contributed by atoms with E-state index in [1.807, 2.05) is 30.3 Å². The molecule has 0 spiro atoms. The molecular formula is C25H27N5O6. The molecule has 2 heterocycles. The van der Waals surface area contributed by atoms with Crippen LogP contribution in [0.25, 0.3) is 11.2 Å². The molecule has 0 radical (unpaired) electrons. The Bertz CT molecular complexity index is 1490. The van der Waals surface area contributed by atoms with E-state index in [-0.39, 0.29) is 35.8 Å². The number of aromatic nitrogens is 4. The van der Waals surface area contributed by atoms with Crippen molar-refractivity contribution < 1.29 is 19.4 Å². The normalized spacial score (nSPS) is 11.1. The van der Waals surface area contributed by atoms with E-state index >= 15 is 0 Å². The highest BCUT2D eigenvalue weighted by atomic mass is 16.5. The van der Waals surface area contributed by atoms with Gasteiger partial charge in [0, 0.05) is 20.2 Å². The van der Waals surface area contributed by atoms with Crippen LogP contribution in [0, 0.1) is 0 Å². The Kier molecular flexibility index (Phi) is 7.50. The number of imidazole rings is 1. The molecule has 4 aromatic rings. The Morgan fingerprint density at radius 1 is 1.06 bits per heavy atom. The minimum atomic E-state index is -0.630. The Balaban J connectivity index is 1.67. The molecular weight excluding hydrogens is 466 g/mol. The van der Waals surface area contributed by atoms with Gasteiger partial charge in [0.2, 0.25) is 5.91 Å². The molecule has 2 aromatic heterocycles. The molecule has 188 valence electrons. The highest BCUT2D eigenvalue weighted by Crippen LogP contribution is 2.26. The second-order valence-corrected chi connectivity index (χ2v) is 8.13. The van der Waals surface area contributed by atoms with E-state index in [4.69, 9.17) is 9.47 Å². The van der Waals surface area contributed by atoms with E-state index in [0.29, 0.717) is 18.7 Å². The number of carbonyl (C=O) groups is 1. The van der Waals surface area contributed by atoms with Crippen LogP contribution in [0.1, 0.15) is 11.1 Å². The van der Waals surface area contributed by atoms with Gasteiger partial charge >= 0.3 is 5.69 Å². The number of ether oxygens (including phenoxy) is 2. The van der Waals surface area contributed by atoms with Crippen LogP contribution in [0.5, 0.6) is 11.5 Å². The van der Waals surface area contributed by atoms with Crippen LogP contribution in [-0.4, -0.2) is 50.5 Å². The molecule has 0 fully saturated rings. The lowest BCUT2D eigenvalue weighted by molar-refractivity contribution is -0.121. The summed E-state index contributed by atoms with van der Waals surface area (Å²) in [5.74, 6) is -0.261. The molecule has 1 amide bonds. The average molecular weight is 494 g/mol. The third-order valence-corrected chi connectivity index (χ3v) is 5.74. The van der Waals surface area contributed by atoms with Crippen LogP contribution in [-0.2, 0) is 35.7 Å². The maximum absolute atomic E-state index is 13.4. The number of aromatic hydroxyl groups is 1. The minimum Gasteiger partial charge on any atom is -0.504 e. The maximum atomic E-state index is 13.4. The van der Waals surface area contributed by atoms with Crippen LogP contribution in [0.3, 0.4) is 0 Å². The third-order valence-electron chi connectivity index (χ3n) is 5.74. The first kappa shape index (κ1) is 24.7. The summed E-state index contributed by atoms with van der Waals surface area (Å²) in [5.41, 5.74) is 0.767. The van der Waals surface area contributed by atoms with E-state index in [2.05, 4.69) is 10.3 Å². The maximum Gasteiger partial charge on any atom is 0.333 e. The zero-order chi connectivity index (χ0) is 25.7. The summed E-state index contributed by atoms with van der Waals surface area (Å²) >= 11 is 0. The van der Waals surface area contributed by atoms with Crippen molar-refractivity contribution in [1.29, 1.82) is 0 Å². The van der Waals surface area contributed by atoms with Crippen LogP contribution < -0.4 is 21.3 Å². The van der Waals surface area contributed by atoms with E-state index < -0.39 is 23.7 Å². The average Bonchev–Trinajstić information content (AvgIpc) is 3.32. The fourth-order valence-corrected chi connectivity index (χ4v) is 3.88. The molecule has 11 nitrogen and oxygen atoms in total. The van der Waals surface area contributed by atoms with Gasteiger partial charge in [-0.3, -0.25) is 14.2 Å². The van der Waals surface area contributed by atoms with E-state index in [1.54, 1.807) is 23.8 Å². The molecule has 2 aromatic carbocycles. The molecule has 11 heteroatoms. The monoisotopic (exact) mass is 493 g/mol. The van der Waals surface area contributed by atoms with Gasteiger partial charge in [0.05, 0.1) is 26.6 Å². The van der Waals surface area contributed by atoms with Crippen molar-refractivity contribution in [3.8, 4) is 11.5 Å². The summed E-state index contributed by atoms with van der Waals surface area (Å²) in [5, 5.41) is 12.4. The highest BCUT2D eigenvalue weighted by molar-refractivity contribution is 5.76. The predicted molar refractivity (Wildman–Crippen MR) is 132 cm³/mol. The number of rotatable bonds is 10. The summed E-state index contributed by atoms with van der Waals surface area (Å²) < 4.78 is 14.2. The summed E-state index contributed by atoms with van der Waals surface area (Å²) in [6, 6.07) is 14.0. The lowest BCUT2D eigenvalue weighted by atomic mass is 10.2. The largest absolute Gasteiger partial charge is 0.504 e. The molecule has 2 N–H and O–H groups in total. The number of hydrogen-bond acceptors (Lipinski definition) is 7. The Morgan fingerprint density at radius 2 is 1.83 bits per heavy atom. The summed E-state index contributed by atoms with van der Waals surface area (Å²) in [6.07, 6.45) is 1.49. The van der Waals surface area contributed by atoms with E-state index in [9.17, 15) is 19.5 Å². The van der Waals surface area contributed by atoms with Crippen molar-refractivity contribution in [2.75, 3.05) is 20.8 Å². The van der Waals surface area contributed by atoms with Crippen molar-refractivity contribution in [2.24, 2.45) is 0 Å². The van der Waals surface area contributed by atoms with E-state index in [1.165, 1.54) is 24.1 Å². The zero-order valence-corrected chi connectivity index (χ0v) is 20.0. The molecule has 36 heavy (non-hydrogen) atoms. The molecule has 0 aliphatic carbocycles. The van der Waals surface area contributed by atoms with Gasteiger partial charge in [0.25, 0.3) is 5.56 Å². The van der Waals surface area contributed by atoms with Crippen molar-refractivity contribution in [3.05, 3.63) is 86.8 Å². The molecule has 0 bridgehead atoms. The van der Waals surface area contributed by atoms with Gasteiger partial charge in [-0.15, -0.1) is 0 Å². The predicted octanol–water partition coefficient (Wildman–Crippen LogP) is 1.09. The lowest BCUT2D eigenvalue weighted by Gasteiger charge is -2.13. The van der Waals surface area contributed by atoms with Crippen LogP contribution >= 0.6 is 0 Å². The molecule has 0 atom stereocenters. The number of hydrogen-bond donors (Lipinski definition) is 2. The number of phenolic OH excluding ortho intramolecular Hbond substituents is 1. The second-order valence-electron chi connectivity index (χ2n) is 8.13. The van der Waals surface area contributed by atoms with Crippen molar-refractivity contribution in [3.63, 3.8) is 0 Å². The molecule has 0 saturated carbocycles. The third kappa shape index (κ3) is 5.15. The van der Waals surface area contributed by atoms with Crippen LogP contribution in [0.15, 0.2) is 64.4 Å². The number of benzene rings is 2. The summed E-state index contributed by atoms with van der Waals surface area (Å²) in [4.78, 5) is 43.8.